The van der Waals surface area contributed by atoms with Crippen LogP contribution in [0.15, 0.2) is 77.4 Å². The maximum Gasteiger partial charge on any atom is 0.251 e. The fraction of sp³-hybridized carbons (Fsp3) is 0.258. The predicted molar refractivity (Wildman–Crippen MR) is 156 cm³/mol. The number of hydrogen-bond acceptors (Lipinski definition) is 7. The summed E-state index contributed by atoms with van der Waals surface area (Å²) < 4.78 is 6.30. The molecule has 9 nitrogen and oxygen atoms in total. The zero-order valence-electron chi connectivity index (χ0n) is 22.7. The minimum absolute atomic E-state index is 0.0314. The number of ether oxygens (including phenoxy) is 1. The largest absolute Gasteiger partial charge is 0.457 e. The van der Waals surface area contributed by atoms with Crippen LogP contribution in [0, 0.1) is 0 Å². The zero-order chi connectivity index (χ0) is 28.5. The molecule has 2 amide bonds. The second-order valence-electron chi connectivity index (χ2n) is 10.5. The number of benzene rings is 2. The number of allylic oxidation sites excluding steroid dienone is 2. The number of hydrogen-bond donors (Lipinski definition) is 2. The highest BCUT2D eigenvalue weighted by molar-refractivity contribution is 7.14. The van der Waals surface area contributed by atoms with E-state index in [1.165, 1.54) is 0 Å². The molecule has 41 heavy (non-hydrogen) atoms. The van der Waals surface area contributed by atoms with Gasteiger partial charge in [0, 0.05) is 60.3 Å². The Kier molecular flexibility index (Phi) is 7.23. The Morgan fingerprint density at radius 3 is 2.63 bits per heavy atom. The number of H-pyrrole nitrogens is 1. The van der Waals surface area contributed by atoms with Crippen LogP contribution in [-0.2, 0) is 11.2 Å². The van der Waals surface area contributed by atoms with E-state index in [1.54, 1.807) is 52.8 Å². The highest BCUT2D eigenvalue weighted by Gasteiger charge is 2.35. The van der Waals surface area contributed by atoms with Gasteiger partial charge in [0.25, 0.3) is 11.5 Å². The van der Waals surface area contributed by atoms with Crippen molar-refractivity contribution in [2.45, 2.75) is 45.1 Å². The first-order valence-corrected chi connectivity index (χ1v) is 14.4. The van der Waals surface area contributed by atoms with E-state index in [4.69, 9.17) is 4.74 Å². The Balaban J connectivity index is 1.24. The number of aromatic amines is 1. The first kappa shape index (κ1) is 26.6. The van der Waals surface area contributed by atoms with Gasteiger partial charge in [0.1, 0.15) is 21.5 Å². The Morgan fingerprint density at radius 1 is 1.12 bits per heavy atom. The van der Waals surface area contributed by atoms with Gasteiger partial charge in [0.05, 0.1) is 6.04 Å². The molecule has 3 heterocycles. The van der Waals surface area contributed by atoms with E-state index in [0.717, 1.165) is 33.3 Å². The summed E-state index contributed by atoms with van der Waals surface area (Å²) in [7, 11) is 0. The fourth-order valence-corrected chi connectivity index (χ4v) is 5.58. The molecule has 2 N–H and O–H groups in total. The molecule has 208 valence electrons. The van der Waals surface area contributed by atoms with Gasteiger partial charge >= 0.3 is 0 Å². The maximum atomic E-state index is 13.2. The van der Waals surface area contributed by atoms with Crippen LogP contribution in [0.25, 0.3) is 10.6 Å². The van der Waals surface area contributed by atoms with Gasteiger partial charge in [-0.1, -0.05) is 43.4 Å². The number of pyridine rings is 1. The van der Waals surface area contributed by atoms with Crippen molar-refractivity contribution in [2.24, 2.45) is 0 Å². The maximum absolute atomic E-state index is 13.2. The molecule has 1 aliphatic heterocycles. The van der Waals surface area contributed by atoms with Gasteiger partial charge in [0.15, 0.2) is 0 Å². The van der Waals surface area contributed by atoms with E-state index in [9.17, 15) is 14.4 Å². The Hall–Kier alpha value is -4.57. The number of likely N-dealkylation sites (tertiary alicyclic amines) is 1. The van der Waals surface area contributed by atoms with E-state index in [-0.39, 0.29) is 29.8 Å². The van der Waals surface area contributed by atoms with E-state index < -0.39 is 0 Å². The minimum atomic E-state index is -0.282. The zero-order valence-corrected chi connectivity index (χ0v) is 23.5. The lowest BCUT2D eigenvalue weighted by atomic mass is 10.0. The van der Waals surface area contributed by atoms with Gasteiger partial charge in [-0.15, -0.1) is 10.2 Å². The molecule has 1 unspecified atom stereocenters. The molecule has 2 aromatic carbocycles. The average Bonchev–Trinajstić information content (AvgIpc) is 3.55. The Bertz CT molecular complexity index is 1710. The molecule has 10 heteroatoms. The molecule has 1 fully saturated rings. The highest BCUT2D eigenvalue weighted by atomic mass is 32.1. The molecule has 1 atom stereocenters. The molecular weight excluding hydrogens is 538 g/mol. The molecule has 2 aliphatic rings. The normalized spacial score (nSPS) is 16.2. The van der Waals surface area contributed by atoms with Gasteiger partial charge in [-0.25, -0.2) is 0 Å². The Labute approximate surface area is 240 Å². The molecule has 0 bridgehead atoms. The summed E-state index contributed by atoms with van der Waals surface area (Å²) >= 11 is 1.56. The summed E-state index contributed by atoms with van der Waals surface area (Å²) in [5, 5.41) is 13.4. The summed E-state index contributed by atoms with van der Waals surface area (Å²) in [6.45, 7) is 4.66. The minimum Gasteiger partial charge on any atom is -0.457 e. The summed E-state index contributed by atoms with van der Waals surface area (Å²) in [4.78, 5) is 42.3. The highest BCUT2D eigenvalue weighted by Crippen LogP contribution is 2.32. The van der Waals surface area contributed by atoms with Crippen molar-refractivity contribution in [3.8, 4) is 22.1 Å². The van der Waals surface area contributed by atoms with Crippen LogP contribution in [0.4, 0.5) is 0 Å². The predicted octanol–water partition coefficient (Wildman–Crippen LogP) is 5.02. The van der Waals surface area contributed by atoms with Crippen molar-refractivity contribution in [1.82, 2.24) is 25.4 Å². The molecule has 4 aromatic rings. The lowest BCUT2D eigenvalue weighted by Crippen LogP contribution is -2.36. The summed E-state index contributed by atoms with van der Waals surface area (Å²) in [6, 6.07) is 16.1. The van der Waals surface area contributed by atoms with Crippen LogP contribution in [0.2, 0.25) is 0 Å². The van der Waals surface area contributed by atoms with Crippen LogP contribution in [-0.4, -0.2) is 44.5 Å². The quantitative estimate of drug-likeness (QED) is 0.293. The first-order chi connectivity index (χ1) is 19.8. The van der Waals surface area contributed by atoms with Gasteiger partial charge in [0.2, 0.25) is 5.91 Å². The molecule has 2 aromatic heterocycles. The van der Waals surface area contributed by atoms with Crippen molar-refractivity contribution in [1.29, 1.82) is 0 Å². The number of aromatic nitrogens is 3. The summed E-state index contributed by atoms with van der Waals surface area (Å²) in [5.74, 6) is 1.11. The van der Waals surface area contributed by atoms with Gasteiger partial charge in [-0.05, 0) is 48.0 Å². The molecular formula is C31H29N5O4S. The second kappa shape index (κ2) is 11.1. The number of carbonyl (C=O) groups excluding carboxylic acids is 2. The third kappa shape index (κ3) is 5.97. The standard InChI is InChI=1S/C31H29N5O4S/c1-18(2)30-34-35-31(41-30)19-7-11-25(12-8-19)40-26-15-22(6-5-20(26)14-21-4-3-13-32-28(21)38)29(39)33-23-16-27(37)36(17-23)24-9-10-24/h3-9,11-13,15,18,23H,10,14,16-17H2,1-2H3,(H,32,38)(H,33,39). The van der Waals surface area contributed by atoms with Gasteiger partial charge in [-0.2, -0.15) is 0 Å². The third-order valence-electron chi connectivity index (χ3n) is 7.07. The van der Waals surface area contributed by atoms with Crippen LogP contribution in [0.3, 0.4) is 0 Å². The van der Waals surface area contributed by atoms with E-state index in [1.807, 2.05) is 30.3 Å². The summed E-state index contributed by atoms with van der Waals surface area (Å²) in [6.07, 6.45) is 5.04. The second-order valence-corrected chi connectivity index (χ2v) is 11.5. The number of nitrogens with zero attached hydrogens (tertiary/aromatic N) is 3. The molecule has 6 rings (SSSR count). The van der Waals surface area contributed by atoms with Crippen molar-refractivity contribution in [3.63, 3.8) is 0 Å². The fourth-order valence-electron chi connectivity index (χ4n) is 4.73. The number of carbonyl (C=O) groups is 2. The van der Waals surface area contributed by atoms with Crippen LogP contribution in [0.5, 0.6) is 11.5 Å². The number of rotatable bonds is 9. The SMILES string of the molecule is CC(C)c1nnc(-c2ccc(Oc3cc(C(=O)NC4CC(=O)N(C5=CC5)C4)ccc3Cc3ccc[nH]c3=O)cc2)s1. The molecule has 1 saturated heterocycles. The topological polar surface area (TPSA) is 117 Å². The number of amides is 2. The van der Waals surface area contributed by atoms with E-state index >= 15 is 0 Å². The smallest absolute Gasteiger partial charge is 0.251 e. The average molecular weight is 568 g/mol. The van der Waals surface area contributed by atoms with Crippen molar-refractivity contribution >= 4 is 23.2 Å². The number of nitrogens with one attached hydrogen (secondary N) is 2. The van der Waals surface area contributed by atoms with E-state index in [2.05, 4.69) is 34.3 Å². The first-order valence-electron chi connectivity index (χ1n) is 13.6. The molecule has 1 aliphatic carbocycles. The molecule has 0 radical (unpaired) electrons. The van der Waals surface area contributed by atoms with Crippen LogP contribution >= 0.6 is 11.3 Å². The van der Waals surface area contributed by atoms with Crippen molar-refractivity contribution in [3.05, 3.63) is 105 Å². The Morgan fingerprint density at radius 2 is 1.93 bits per heavy atom. The lowest BCUT2D eigenvalue weighted by molar-refractivity contribution is -0.125. The lowest BCUT2D eigenvalue weighted by Gasteiger charge is -2.16. The van der Waals surface area contributed by atoms with Gasteiger partial charge < -0.3 is 19.9 Å². The molecule has 0 saturated carbocycles. The van der Waals surface area contributed by atoms with E-state index in [0.29, 0.717) is 41.5 Å². The van der Waals surface area contributed by atoms with Crippen LogP contribution < -0.4 is 15.6 Å². The summed E-state index contributed by atoms with van der Waals surface area (Å²) in [5.41, 5.74) is 3.54. The van der Waals surface area contributed by atoms with Crippen molar-refractivity contribution < 1.29 is 14.3 Å². The molecule has 0 spiro atoms. The monoisotopic (exact) mass is 567 g/mol. The third-order valence-corrected chi connectivity index (χ3v) is 8.34. The van der Waals surface area contributed by atoms with Crippen molar-refractivity contribution in [2.75, 3.05) is 6.54 Å². The van der Waals surface area contributed by atoms with Crippen LogP contribution in [0.1, 0.15) is 59.1 Å². The van der Waals surface area contributed by atoms with Gasteiger partial charge in [-0.3, -0.25) is 14.4 Å².